The fourth-order valence-electron chi connectivity index (χ4n) is 0.896. The van der Waals surface area contributed by atoms with E-state index in [2.05, 4.69) is 41.8 Å². The van der Waals surface area contributed by atoms with Crippen molar-refractivity contribution in [2.75, 3.05) is 0 Å². The molecular formula is C8H8Br2ClN5. The van der Waals surface area contributed by atoms with E-state index in [4.69, 9.17) is 28.8 Å². The van der Waals surface area contributed by atoms with Crippen molar-refractivity contribution in [1.29, 1.82) is 0 Å². The number of guanidine groups is 2. The maximum absolute atomic E-state index is 5.93. The number of hydrogen-bond donors (Lipinski definition) is 3. The van der Waals surface area contributed by atoms with E-state index in [-0.39, 0.29) is 11.9 Å². The van der Waals surface area contributed by atoms with E-state index in [0.717, 1.165) is 0 Å². The highest BCUT2D eigenvalue weighted by Gasteiger charge is 2.04. The van der Waals surface area contributed by atoms with E-state index in [0.29, 0.717) is 19.7 Å². The third kappa shape index (κ3) is 3.66. The molecule has 0 aliphatic rings. The summed E-state index contributed by atoms with van der Waals surface area (Å²) in [5, 5.41) is 0.555. The molecule has 0 radical (unpaired) electrons. The molecule has 8 heteroatoms. The lowest BCUT2D eigenvalue weighted by atomic mass is 10.3. The van der Waals surface area contributed by atoms with Crippen LogP contribution in [-0.4, -0.2) is 11.9 Å². The van der Waals surface area contributed by atoms with Crippen LogP contribution in [0.4, 0.5) is 5.69 Å². The van der Waals surface area contributed by atoms with E-state index in [1.165, 1.54) is 0 Å². The molecule has 0 fully saturated rings. The highest BCUT2D eigenvalue weighted by atomic mass is 79.9. The summed E-state index contributed by atoms with van der Waals surface area (Å²) in [5.74, 6) is -0.172. The van der Waals surface area contributed by atoms with Crippen molar-refractivity contribution in [3.63, 3.8) is 0 Å². The van der Waals surface area contributed by atoms with Crippen LogP contribution in [0.5, 0.6) is 0 Å². The molecule has 0 saturated carbocycles. The fraction of sp³-hybridized carbons (Fsp3) is 0. The zero-order chi connectivity index (χ0) is 12.3. The molecule has 0 bridgehead atoms. The van der Waals surface area contributed by atoms with Gasteiger partial charge in [0.15, 0.2) is 5.96 Å². The largest absolute Gasteiger partial charge is 0.370 e. The summed E-state index contributed by atoms with van der Waals surface area (Å²) < 4.78 is 1.39. The van der Waals surface area contributed by atoms with Gasteiger partial charge in [-0.3, -0.25) is 0 Å². The number of nitrogens with two attached hydrogens (primary N) is 3. The number of aliphatic imine (C=N–C) groups is 2. The molecule has 0 unspecified atom stereocenters. The molecule has 0 heterocycles. The van der Waals surface area contributed by atoms with Gasteiger partial charge in [0.2, 0.25) is 5.96 Å². The molecule has 0 aromatic heterocycles. The molecule has 6 N–H and O–H groups in total. The van der Waals surface area contributed by atoms with Crippen molar-refractivity contribution < 1.29 is 0 Å². The Kier molecular flexibility index (Phi) is 4.57. The maximum Gasteiger partial charge on any atom is 0.223 e. The van der Waals surface area contributed by atoms with Gasteiger partial charge in [0.25, 0.3) is 0 Å². The summed E-state index contributed by atoms with van der Waals surface area (Å²) in [6, 6.07) is 3.39. The van der Waals surface area contributed by atoms with Crippen molar-refractivity contribution >= 4 is 61.1 Å². The van der Waals surface area contributed by atoms with Crippen LogP contribution in [0.1, 0.15) is 0 Å². The van der Waals surface area contributed by atoms with Crippen LogP contribution < -0.4 is 17.2 Å². The third-order valence-electron chi connectivity index (χ3n) is 1.46. The Morgan fingerprint density at radius 1 is 1.12 bits per heavy atom. The average Bonchev–Trinajstić information content (AvgIpc) is 2.12. The van der Waals surface area contributed by atoms with E-state index >= 15 is 0 Å². The summed E-state index contributed by atoms with van der Waals surface area (Å²) >= 11 is 12.5. The summed E-state index contributed by atoms with van der Waals surface area (Å²) in [5.41, 5.74) is 16.4. The lowest BCUT2D eigenvalue weighted by molar-refractivity contribution is 1.37. The molecule has 0 spiro atoms. The average molecular weight is 369 g/mol. The molecule has 0 amide bonds. The van der Waals surface area contributed by atoms with Gasteiger partial charge in [0.1, 0.15) is 0 Å². The zero-order valence-electron chi connectivity index (χ0n) is 7.92. The smallest absolute Gasteiger partial charge is 0.223 e. The zero-order valence-corrected chi connectivity index (χ0v) is 11.8. The molecule has 1 aromatic carbocycles. The van der Waals surface area contributed by atoms with Gasteiger partial charge in [-0.25, -0.2) is 4.99 Å². The van der Waals surface area contributed by atoms with Crippen LogP contribution in [-0.2, 0) is 0 Å². The number of benzene rings is 1. The van der Waals surface area contributed by atoms with E-state index in [1.807, 2.05) is 0 Å². The van der Waals surface area contributed by atoms with Crippen LogP contribution in [0.3, 0.4) is 0 Å². The monoisotopic (exact) mass is 367 g/mol. The molecule has 16 heavy (non-hydrogen) atoms. The van der Waals surface area contributed by atoms with Gasteiger partial charge in [-0.05, 0) is 44.0 Å². The molecule has 1 aromatic rings. The Bertz CT molecular complexity index is 444. The Balaban J connectivity index is 3.12. The first-order chi connectivity index (χ1) is 7.40. The minimum absolute atomic E-state index is 0.0267. The van der Waals surface area contributed by atoms with Gasteiger partial charge in [0, 0.05) is 8.95 Å². The summed E-state index contributed by atoms with van der Waals surface area (Å²) in [6.07, 6.45) is 0. The molecule has 5 nitrogen and oxygen atoms in total. The van der Waals surface area contributed by atoms with Crippen molar-refractivity contribution in [2.24, 2.45) is 27.2 Å². The first-order valence-electron chi connectivity index (χ1n) is 3.98. The summed E-state index contributed by atoms with van der Waals surface area (Å²) in [4.78, 5) is 7.58. The molecule has 86 valence electrons. The van der Waals surface area contributed by atoms with Crippen LogP contribution >= 0.6 is 43.5 Å². The van der Waals surface area contributed by atoms with Crippen LogP contribution in [0, 0.1) is 0 Å². The molecule has 0 aliphatic heterocycles. The topological polar surface area (TPSA) is 103 Å². The van der Waals surface area contributed by atoms with Gasteiger partial charge < -0.3 is 17.2 Å². The number of rotatable bonds is 1. The standard InChI is InChI=1S/C8H8Br2ClN5/c9-4-1-3(2-5(10)6(4)11)15-8(14)16-7(12)13/h1-2H,(H6,12,13,14,15,16). The van der Waals surface area contributed by atoms with E-state index in [1.54, 1.807) is 12.1 Å². The first-order valence-corrected chi connectivity index (χ1v) is 5.95. The van der Waals surface area contributed by atoms with E-state index in [9.17, 15) is 0 Å². The predicted molar refractivity (Wildman–Crippen MR) is 73.9 cm³/mol. The second kappa shape index (κ2) is 5.51. The van der Waals surface area contributed by atoms with Crippen molar-refractivity contribution in [1.82, 2.24) is 0 Å². The lowest BCUT2D eigenvalue weighted by Crippen LogP contribution is -2.26. The van der Waals surface area contributed by atoms with Gasteiger partial charge in [0.05, 0.1) is 10.7 Å². The Morgan fingerprint density at radius 2 is 1.62 bits per heavy atom. The van der Waals surface area contributed by atoms with Crippen molar-refractivity contribution in [3.8, 4) is 0 Å². The van der Waals surface area contributed by atoms with Crippen LogP contribution in [0.25, 0.3) is 0 Å². The van der Waals surface area contributed by atoms with Crippen LogP contribution in [0.15, 0.2) is 31.1 Å². The van der Waals surface area contributed by atoms with Gasteiger partial charge in [-0.15, -0.1) is 0 Å². The third-order valence-corrected chi connectivity index (χ3v) is 3.57. The first kappa shape index (κ1) is 13.3. The minimum atomic E-state index is -0.145. The Morgan fingerprint density at radius 3 is 2.06 bits per heavy atom. The fourth-order valence-corrected chi connectivity index (χ4v) is 2.17. The van der Waals surface area contributed by atoms with Crippen molar-refractivity contribution in [3.05, 3.63) is 26.1 Å². The molecule has 0 atom stereocenters. The number of nitrogens with zero attached hydrogens (tertiary/aromatic N) is 2. The SMILES string of the molecule is NC(N)=NC(N)=Nc1cc(Br)c(Cl)c(Br)c1. The molecule has 0 aliphatic carbocycles. The summed E-state index contributed by atoms with van der Waals surface area (Å²) in [7, 11) is 0. The predicted octanol–water partition coefficient (Wildman–Crippen LogP) is 2.08. The molecule has 0 saturated heterocycles. The number of hydrogen-bond acceptors (Lipinski definition) is 1. The number of halogens is 3. The lowest BCUT2D eigenvalue weighted by Gasteiger charge is -2.02. The van der Waals surface area contributed by atoms with Gasteiger partial charge in [-0.2, -0.15) is 4.99 Å². The second-order valence-corrected chi connectivity index (χ2v) is 4.82. The van der Waals surface area contributed by atoms with Gasteiger partial charge in [-0.1, -0.05) is 11.6 Å². The highest BCUT2D eigenvalue weighted by Crippen LogP contribution is 2.34. The molecular weight excluding hydrogens is 361 g/mol. The minimum Gasteiger partial charge on any atom is -0.370 e. The highest BCUT2D eigenvalue weighted by molar-refractivity contribution is 9.11. The molecule has 1 rings (SSSR count). The van der Waals surface area contributed by atoms with Crippen LogP contribution in [0.2, 0.25) is 5.02 Å². The van der Waals surface area contributed by atoms with E-state index < -0.39 is 0 Å². The van der Waals surface area contributed by atoms with Crippen molar-refractivity contribution in [2.45, 2.75) is 0 Å². The Hall–Kier alpha value is -0.790. The summed E-state index contributed by atoms with van der Waals surface area (Å²) in [6.45, 7) is 0. The van der Waals surface area contributed by atoms with Gasteiger partial charge >= 0.3 is 0 Å². The Labute approximate surface area is 114 Å². The maximum atomic E-state index is 5.93. The second-order valence-electron chi connectivity index (χ2n) is 2.73. The normalized spacial score (nSPS) is 11.3. The quantitative estimate of drug-likeness (QED) is 0.401.